The van der Waals surface area contributed by atoms with Crippen molar-refractivity contribution in [2.75, 3.05) is 0 Å². The molecule has 5 unspecified atom stereocenters. The van der Waals surface area contributed by atoms with E-state index in [0.717, 1.165) is 25.3 Å². The summed E-state index contributed by atoms with van der Waals surface area (Å²) in [5.41, 5.74) is 6.44. The van der Waals surface area contributed by atoms with E-state index in [2.05, 4.69) is 5.32 Å². The summed E-state index contributed by atoms with van der Waals surface area (Å²) in [4.78, 5) is 12.4. The molecule has 122 valence electrons. The van der Waals surface area contributed by atoms with E-state index in [4.69, 9.17) is 5.73 Å². The van der Waals surface area contributed by atoms with Gasteiger partial charge in [-0.25, -0.2) is 8.78 Å². The molecule has 5 atom stereocenters. The summed E-state index contributed by atoms with van der Waals surface area (Å²) in [6.45, 7) is 1.70. The maximum Gasteiger partial charge on any atom is 0.225 e. The zero-order valence-electron chi connectivity index (χ0n) is 12.4. The summed E-state index contributed by atoms with van der Waals surface area (Å²) in [6, 6.07) is 2.82. The van der Waals surface area contributed by atoms with E-state index >= 15 is 0 Å². The molecule has 22 heavy (non-hydrogen) atoms. The second-order valence-electron chi connectivity index (χ2n) is 6.33. The number of carbonyl (C=O) groups excluding carboxylic acids is 1. The number of fused-ring (bicyclic) bond motifs is 2. The van der Waals surface area contributed by atoms with Crippen LogP contribution in [0.3, 0.4) is 0 Å². The van der Waals surface area contributed by atoms with E-state index in [0.29, 0.717) is 17.4 Å². The van der Waals surface area contributed by atoms with Gasteiger partial charge in [0.1, 0.15) is 11.6 Å². The van der Waals surface area contributed by atoms with Crippen molar-refractivity contribution < 1.29 is 13.6 Å². The van der Waals surface area contributed by atoms with E-state index in [1.807, 2.05) is 0 Å². The van der Waals surface area contributed by atoms with Gasteiger partial charge in [0.2, 0.25) is 5.91 Å². The van der Waals surface area contributed by atoms with Crippen LogP contribution in [0.4, 0.5) is 8.78 Å². The number of nitrogens with two attached hydrogens (primary N) is 1. The quantitative estimate of drug-likeness (QED) is 0.895. The van der Waals surface area contributed by atoms with Gasteiger partial charge in [-0.1, -0.05) is 6.07 Å². The van der Waals surface area contributed by atoms with Crippen LogP contribution < -0.4 is 11.1 Å². The highest BCUT2D eigenvalue weighted by molar-refractivity contribution is 5.85. The molecular formula is C16H21ClF2N2O. The lowest BCUT2D eigenvalue weighted by molar-refractivity contribution is -0.127. The number of hydrogen-bond acceptors (Lipinski definition) is 2. The van der Waals surface area contributed by atoms with E-state index < -0.39 is 17.7 Å². The molecular weight excluding hydrogens is 310 g/mol. The van der Waals surface area contributed by atoms with E-state index in [-0.39, 0.29) is 30.3 Å². The van der Waals surface area contributed by atoms with Crippen molar-refractivity contribution >= 4 is 18.3 Å². The molecule has 0 aromatic heterocycles. The minimum atomic E-state index is -0.639. The highest BCUT2D eigenvalue weighted by Gasteiger charge is 2.49. The average Bonchev–Trinajstić information content (AvgIpc) is 2.98. The summed E-state index contributed by atoms with van der Waals surface area (Å²) < 4.78 is 26.7. The topological polar surface area (TPSA) is 55.1 Å². The lowest BCUT2D eigenvalue weighted by Gasteiger charge is -2.28. The summed E-state index contributed by atoms with van der Waals surface area (Å²) >= 11 is 0. The van der Waals surface area contributed by atoms with Crippen LogP contribution in [0.15, 0.2) is 18.2 Å². The zero-order valence-corrected chi connectivity index (χ0v) is 13.2. The second kappa shape index (κ2) is 6.50. The Balaban J connectivity index is 0.00000176. The third-order valence-corrected chi connectivity index (χ3v) is 5.07. The van der Waals surface area contributed by atoms with Crippen molar-refractivity contribution in [3.8, 4) is 0 Å². The third-order valence-electron chi connectivity index (χ3n) is 5.07. The summed E-state index contributed by atoms with van der Waals surface area (Å²) in [5, 5.41) is 2.83. The van der Waals surface area contributed by atoms with Crippen molar-refractivity contribution in [1.82, 2.24) is 5.32 Å². The third kappa shape index (κ3) is 2.97. The SMILES string of the molecule is CC(NC(=O)C1C2CCC(C2)C1N)c1ccc(F)cc1F.Cl. The van der Waals surface area contributed by atoms with Crippen LogP contribution in [0.5, 0.6) is 0 Å². The molecule has 6 heteroatoms. The lowest BCUT2D eigenvalue weighted by atomic mass is 9.84. The first-order chi connectivity index (χ1) is 9.97. The number of nitrogens with one attached hydrogen (secondary N) is 1. The maximum absolute atomic E-state index is 13.7. The van der Waals surface area contributed by atoms with Crippen LogP contribution in [0.2, 0.25) is 0 Å². The lowest BCUT2D eigenvalue weighted by Crippen LogP contribution is -2.45. The first kappa shape index (κ1) is 17.2. The smallest absolute Gasteiger partial charge is 0.225 e. The van der Waals surface area contributed by atoms with Gasteiger partial charge in [-0.2, -0.15) is 0 Å². The van der Waals surface area contributed by atoms with Gasteiger partial charge < -0.3 is 11.1 Å². The molecule has 2 bridgehead atoms. The molecule has 2 fully saturated rings. The van der Waals surface area contributed by atoms with Crippen LogP contribution in [-0.2, 0) is 4.79 Å². The number of halogens is 3. The Kier molecular flexibility index (Phi) is 5.07. The van der Waals surface area contributed by atoms with Crippen molar-refractivity contribution in [2.24, 2.45) is 23.5 Å². The average molecular weight is 331 g/mol. The van der Waals surface area contributed by atoms with Gasteiger partial charge in [0.15, 0.2) is 0 Å². The Morgan fingerprint density at radius 1 is 1.32 bits per heavy atom. The van der Waals surface area contributed by atoms with E-state index in [1.54, 1.807) is 6.92 Å². The molecule has 3 nitrogen and oxygen atoms in total. The van der Waals surface area contributed by atoms with Crippen LogP contribution in [0, 0.1) is 29.4 Å². The summed E-state index contributed by atoms with van der Waals surface area (Å²) in [7, 11) is 0. The van der Waals surface area contributed by atoms with Crippen molar-refractivity contribution in [2.45, 2.75) is 38.3 Å². The van der Waals surface area contributed by atoms with E-state index in [1.165, 1.54) is 12.1 Å². The molecule has 2 saturated carbocycles. The Morgan fingerprint density at radius 2 is 2.00 bits per heavy atom. The minimum absolute atomic E-state index is 0. The van der Waals surface area contributed by atoms with Gasteiger partial charge in [0.25, 0.3) is 0 Å². The van der Waals surface area contributed by atoms with Gasteiger partial charge in [-0.15, -0.1) is 12.4 Å². The van der Waals surface area contributed by atoms with Crippen molar-refractivity contribution in [3.63, 3.8) is 0 Å². The molecule has 2 aliphatic carbocycles. The zero-order chi connectivity index (χ0) is 15.1. The standard InChI is InChI=1S/C16H20F2N2O.ClH/c1-8(12-5-4-11(17)7-13(12)18)20-16(21)14-9-2-3-10(6-9)15(14)19;/h4-5,7-10,14-15H,2-3,6,19H2,1H3,(H,20,21);1H. The molecule has 1 aromatic carbocycles. The fourth-order valence-corrected chi connectivity index (χ4v) is 3.96. The van der Waals surface area contributed by atoms with Gasteiger partial charge in [0.05, 0.1) is 12.0 Å². The van der Waals surface area contributed by atoms with Gasteiger partial charge in [-0.3, -0.25) is 4.79 Å². The van der Waals surface area contributed by atoms with Crippen LogP contribution in [0.25, 0.3) is 0 Å². The normalized spacial score (nSPS) is 30.7. The van der Waals surface area contributed by atoms with Crippen molar-refractivity contribution in [3.05, 3.63) is 35.4 Å². The maximum atomic E-state index is 13.7. The molecule has 2 aliphatic rings. The first-order valence-corrected chi connectivity index (χ1v) is 7.48. The Morgan fingerprint density at radius 3 is 2.59 bits per heavy atom. The summed E-state index contributed by atoms with van der Waals surface area (Å²) in [5.74, 6) is -0.732. The summed E-state index contributed by atoms with van der Waals surface area (Å²) in [6.07, 6.45) is 3.19. The Bertz CT molecular complexity index is 567. The highest BCUT2D eigenvalue weighted by Crippen LogP contribution is 2.47. The molecule has 0 heterocycles. The van der Waals surface area contributed by atoms with Gasteiger partial charge in [0, 0.05) is 17.7 Å². The van der Waals surface area contributed by atoms with Crippen LogP contribution >= 0.6 is 12.4 Å². The van der Waals surface area contributed by atoms with Gasteiger partial charge in [-0.05, 0) is 44.1 Å². The second-order valence-corrected chi connectivity index (χ2v) is 6.33. The largest absolute Gasteiger partial charge is 0.349 e. The molecule has 3 N–H and O–H groups in total. The molecule has 0 spiro atoms. The fourth-order valence-electron chi connectivity index (χ4n) is 3.96. The number of rotatable bonds is 3. The predicted molar refractivity (Wildman–Crippen MR) is 82.5 cm³/mol. The highest BCUT2D eigenvalue weighted by atomic mass is 35.5. The van der Waals surface area contributed by atoms with Crippen LogP contribution in [0.1, 0.15) is 37.8 Å². The molecule has 0 radical (unpaired) electrons. The molecule has 0 aliphatic heterocycles. The Hall–Kier alpha value is -1.20. The monoisotopic (exact) mass is 330 g/mol. The molecule has 3 rings (SSSR count). The fraction of sp³-hybridized carbons (Fsp3) is 0.562. The first-order valence-electron chi connectivity index (χ1n) is 7.48. The molecule has 1 amide bonds. The van der Waals surface area contributed by atoms with E-state index in [9.17, 15) is 13.6 Å². The number of benzene rings is 1. The predicted octanol–water partition coefficient (Wildman–Crippen LogP) is 2.94. The Labute approximate surface area is 135 Å². The number of amides is 1. The number of carbonyl (C=O) groups is 1. The van der Waals surface area contributed by atoms with Crippen molar-refractivity contribution in [1.29, 1.82) is 0 Å². The molecule has 0 saturated heterocycles. The minimum Gasteiger partial charge on any atom is -0.349 e. The van der Waals surface area contributed by atoms with Gasteiger partial charge >= 0.3 is 0 Å². The number of hydrogen-bond donors (Lipinski definition) is 2. The van der Waals surface area contributed by atoms with Crippen LogP contribution in [-0.4, -0.2) is 11.9 Å². The molecule has 1 aromatic rings.